The molecule has 0 unspecified atom stereocenters. The molecule has 0 atom stereocenters. The lowest BCUT2D eigenvalue weighted by atomic mass is 10.0. The molecule has 0 fully saturated rings. The standard InChI is InChI=1S/C21H12N4O4/c1-12-2-7-16-17(8-12)21(23-14-5-3-13(11-22)4-6-14)18-9-15(24(26)27)10-19(20(16)18)25(28)29/h2-10H,1H3. The van der Waals surface area contributed by atoms with Crippen LogP contribution in [0.25, 0.3) is 11.1 Å². The van der Waals surface area contributed by atoms with Gasteiger partial charge in [-0.25, -0.2) is 4.99 Å². The van der Waals surface area contributed by atoms with E-state index in [1.807, 2.05) is 25.1 Å². The fraction of sp³-hybridized carbons (Fsp3) is 0.0476. The number of hydrogen-bond acceptors (Lipinski definition) is 6. The van der Waals surface area contributed by atoms with Gasteiger partial charge in [0.2, 0.25) is 0 Å². The summed E-state index contributed by atoms with van der Waals surface area (Å²) in [6.07, 6.45) is 0. The molecule has 0 saturated carbocycles. The predicted octanol–water partition coefficient (Wildman–Crippen LogP) is 4.83. The minimum atomic E-state index is -0.652. The summed E-state index contributed by atoms with van der Waals surface area (Å²) < 4.78 is 0. The molecule has 4 rings (SSSR count). The van der Waals surface area contributed by atoms with Gasteiger partial charge in [0.05, 0.1) is 44.5 Å². The van der Waals surface area contributed by atoms with Gasteiger partial charge in [-0.05, 0) is 42.8 Å². The monoisotopic (exact) mass is 384 g/mol. The first-order valence-electron chi connectivity index (χ1n) is 8.56. The molecule has 3 aromatic carbocycles. The molecule has 1 aliphatic carbocycles. The fourth-order valence-electron chi connectivity index (χ4n) is 3.41. The van der Waals surface area contributed by atoms with E-state index in [4.69, 9.17) is 5.26 Å². The van der Waals surface area contributed by atoms with Gasteiger partial charge >= 0.3 is 0 Å². The lowest BCUT2D eigenvalue weighted by molar-refractivity contribution is -0.393. The van der Waals surface area contributed by atoms with Crippen LogP contribution in [0.1, 0.15) is 22.3 Å². The van der Waals surface area contributed by atoms with E-state index in [1.165, 1.54) is 6.07 Å². The molecule has 0 N–H and O–H groups in total. The average Bonchev–Trinajstić information content (AvgIpc) is 3.00. The maximum atomic E-state index is 11.7. The van der Waals surface area contributed by atoms with Crippen molar-refractivity contribution in [3.8, 4) is 17.2 Å². The van der Waals surface area contributed by atoms with Gasteiger partial charge in [-0.3, -0.25) is 20.2 Å². The number of non-ortho nitro benzene ring substituents is 1. The van der Waals surface area contributed by atoms with Crippen LogP contribution in [0.5, 0.6) is 0 Å². The minimum absolute atomic E-state index is 0.322. The zero-order valence-corrected chi connectivity index (χ0v) is 15.1. The van der Waals surface area contributed by atoms with E-state index < -0.39 is 9.85 Å². The molecule has 1 aliphatic rings. The van der Waals surface area contributed by atoms with Gasteiger partial charge in [-0.2, -0.15) is 5.26 Å². The molecule has 8 nitrogen and oxygen atoms in total. The normalized spacial score (nSPS) is 12.9. The van der Waals surface area contributed by atoms with E-state index in [9.17, 15) is 20.2 Å². The van der Waals surface area contributed by atoms with E-state index in [0.717, 1.165) is 11.6 Å². The van der Waals surface area contributed by atoms with E-state index in [-0.39, 0.29) is 11.4 Å². The summed E-state index contributed by atoms with van der Waals surface area (Å²) in [5.41, 5.74) is 3.62. The van der Waals surface area contributed by atoms with Crippen LogP contribution in [0, 0.1) is 38.5 Å². The first-order chi connectivity index (χ1) is 13.9. The van der Waals surface area contributed by atoms with Gasteiger partial charge in [-0.15, -0.1) is 0 Å². The number of hydrogen-bond donors (Lipinski definition) is 0. The molecular weight excluding hydrogens is 372 g/mol. The molecular formula is C21H12N4O4. The predicted molar refractivity (Wildman–Crippen MR) is 106 cm³/mol. The molecule has 140 valence electrons. The van der Waals surface area contributed by atoms with Crippen molar-refractivity contribution in [2.24, 2.45) is 4.99 Å². The van der Waals surface area contributed by atoms with Crippen LogP contribution in [0.15, 0.2) is 59.6 Å². The Morgan fingerprint density at radius 2 is 1.62 bits per heavy atom. The van der Waals surface area contributed by atoms with E-state index in [0.29, 0.717) is 39.2 Å². The topological polar surface area (TPSA) is 122 Å². The highest BCUT2D eigenvalue weighted by molar-refractivity contribution is 6.26. The summed E-state index contributed by atoms with van der Waals surface area (Å²) in [5.74, 6) is 0. The second-order valence-corrected chi connectivity index (χ2v) is 6.57. The molecule has 3 aromatic rings. The van der Waals surface area contributed by atoms with E-state index in [2.05, 4.69) is 4.99 Å². The highest BCUT2D eigenvalue weighted by atomic mass is 16.6. The van der Waals surface area contributed by atoms with Crippen LogP contribution in [0.4, 0.5) is 17.1 Å². The molecule has 0 saturated heterocycles. The first-order valence-corrected chi connectivity index (χ1v) is 8.56. The largest absolute Gasteiger partial charge is 0.284 e. The molecule has 0 bridgehead atoms. The number of nitriles is 1. The van der Waals surface area contributed by atoms with Crippen molar-refractivity contribution in [2.75, 3.05) is 0 Å². The molecule has 29 heavy (non-hydrogen) atoms. The number of nitrogens with zero attached hydrogens (tertiary/aromatic N) is 4. The third-order valence-electron chi connectivity index (χ3n) is 4.70. The van der Waals surface area contributed by atoms with E-state index in [1.54, 1.807) is 30.3 Å². The molecule has 0 aromatic heterocycles. The molecule has 0 spiro atoms. The van der Waals surface area contributed by atoms with E-state index >= 15 is 0 Å². The molecule has 0 amide bonds. The lowest BCUT2D eigenvalue weighted by Crippen LogP contribution is -2.01. The van der Waals surface area contributed by atoms with Crippen molar-refractivity contribution in [3.63, 3.8) is 0 Å². The van der Waals surface area contributed by atoms with Crippen molar-refractivity contribution in [1.82, 2.24) is 0 Å². The van der Waals surface area contributed by atoms with Gasteiger partial charge in [0.15, 0.2) is 0 Å². The first kappa shape index (κ1) is 18.0. The Hall–Kier alpha value is -4.38. The number of nitro benzene ring substituents is 2. The molecule has 0 aliphatic heterocycles. The van der Waals surface area contributed by atoms with Crippen LogP contribution >= 0.6 is 0 Å². The number of fused-ring (bicyclic) bond motifs is 3. The maximum Gasteiger partial charge on any atom is 0.284 e. The highest BCUT2D eigenvalue weighted by Gasteiger charge is 2.34. The van der Waals surface area contributed by atoms with Crippen LogP contribution in [-0.2, 0) is 0 Å². The van der Waals surface area contributed by atoms with Crippen molar-refractivity contribution in [3.05, 3.63) is 97.1 Å². The number of rotatable bonds is 3. The maximum absolute atomic E-state index is 11.7. The summed E-state index contributed by atoms with van der Waals surface area (Å²) in [5, 5.41) is 32.0. The quantitative estimate of drug-likeness (QED) is 0.370. The number of aliphatic imine (C=N–C) groups is 1. The summed E-state index contributed by atoms with van der Waals surface area (Å²) >= 11 is 0. The van der Waals surface area contributed by atoms with Crippen LogP contribution < -0.4 is 0 Å². The van der Waals surface area contributed by atoms with Crippen molar-refractivity contribution in [1.29, 1.82) is 5.26 Å². The zero-order valence-electron chi connectivity index (χ0n) is 15.1. The summed E-state index contributed by atoms with van der Waals surface area (Å²) in [6.45, 7) is 1.89. The van der Waals surface area contributed by atoms with Gasteiger partial charge in [0, 0.05) is 17.2 Å². The Labute approximate surface area is 164 Å². The third kappa shape index (κ3) is 3.00. The van der Waals surface area contributed by atoms with Crippen LogP contribution in [0.3, 0.4) is 0 Å². The minimum Gasteiger partial charge on any atom is -0.258 e. The summed E-state index contributed by atoms with van der Waals surface area (Å²) in [6, 6.07) is 16.3. The van der Waals surface area contributed by atoms with Gasteiger partial charge in [0.1, 0.15) is 0 Å². The van der Waals surface area contributed by atoms with Crippen molar-refractivity contribution < 1.29 is 9.85 Å². The molecule has 8 heteroatoms. The Kier molecular flexibility index (Phi) is 4.13. The van der Waals surface area contributed by atoms with Gasteiger partial charge in [-0.1, -0.05) is 17.7 Å². The Morgan fingerprint density at radius 1 is 0.897 bits per heavy atom. The Bertz CT molecular complexity index is 1270. The van der Waals surface area contributed by atoms with Crippen LogP contribution in [-0.4, -0.2) is 15.6 Å². The summed E-state index contributed by atoms with van der Waals surface area (Å²) in [4.78, 5) is 26.4. The number of benzene rings is 3. The molecule has 0 radical (unpaired) electrons. The average molecular weight is 384 g/mol. The number of aryl methyl sites for hydroxylation is 1. The Balaban J connectivity index is 2.04. The van der Waals surface area contributed by atoms with Crippen molar-refractivity contribution >= 4 is 22.8 Å². The molecule has 0 heterocycles. The van der Waals surface area contributed by atoms with Crippen LogP contribution in [0.2, 0.25) is 0 Å². The Morgan fingerprint density at radius 3 is 2.24 bits per heavy atom. The SMILES string of the molecule is Cc1ccc2c(c1)C(=Nc1ccc(C#N)cc1)c1cc([N+](=O)[O-])cc([N+](=O)[O-])c1-2. The number of nitro groups is 2. The second-order valence-electron chi connectivity index (χ2n) is 6.57. The zero-order chi connectivity index (χ0) is 20.7. The smallest absolute Gasteiger partial charge is 0.258 e. The van der Waals surface area contributed by atoms with Crippen molar-refractivity contribution in [2.45, 2.75) is 6.92 Å². The fourth-order valence-corrected chi connectivity index (χ4v) is 3.41. The van der Waals surface area contributed by atoms with Gasteiger partial charge in [0.25, 0.3) is 11.4 Å². The third-order valence-corrected chi connectivity index (χ3v) is 4.70. The lowest BCUT2D eigenvalue weighted by Gasteiger charge is -2.04. The van der Waals surface area contributed by atoms with Gasteiger partial charge < -0.3 is 0 Å². The highest BCUT2D eigenvalue weighted by Crippen LogP contribution is 2.45. The summed E-state index contributed by atoms with van der Waals surface area (Å²) in [7, 11) is 0. The second kappa shape index (κ2) is 6.65.